The molecule has 230 valence electrons. The topological polar surface area (TPSA) is 0 Å². The molecule has 0 N–H and O–H groups in total. The molecule has 0 fully saturated rings. The molecule has 0 atom stereocenters. The highest BCUT2D eigenvalue weighted by Gasteiger charge is 2.75. The Morgan fingerprint density at radius 2 is 0.651 bits per heavy atom. The maximum Gasteiger partial charge on any atom is 0.422 e. The second-order valence-corrected chi connectivity index (χ2v) is 21.7. The van der Waals surface area contributed by atoms with Gasteiger partial charge in [0.1, 0.15) is 0 Å². The minimum atomic E-state index is -4.32. The Balaban J connectivity index is 1.64. The summed E-state index contributed by atoms with van der Waals surface area (Å²) in [6.45, 7) is 3.29. The van der Waals surface area contributed by atoms with Crippen molar-refractivity contribution in [3.05, 3.63) is 106 Å². The van der Waals surface area contributed by atoms with Gasteiger partial charge in [0.25, 0.3) is 0 Å². The quantitative estimate of drug-likeness (QED) is 0.104. The molecule has 3 aliphatic carbocycles. The van der Waals surface area contributed by atoms with Crippen molar-refractivity contribution in [2.75, 3.05) is 0 Å². The van der Waals surface area contributed by atoms with Crippen molar-refractivity contribution in [3.63, 3.8) is 0 Å². The lowest BCUT2D eigenvalue weighted by molar-refractivity contribution is 0.179. The molecule has 9 heteroatoms. The molecule has 6 rings (SSSR count). The van der Waals surface area contributed by atoms with Crippen LogP contribution in [0.3, 0.4) is 0 Å². The van der Waals surface area contributed by atoms with E-state index < -0.39 is 42.5 Å². The van der Waals surface area contributed by atoms with Crippen molar-refractivity contribution < 1.29 is 24.6 Å². The number of rotatable bonds is 12. The Morgan fingerprint density at radius 3 is 0.837 bits per heavy atom. The zero-order valence-electron chi connectivity index (χ0n) is 25.1. The summed E-state index contributed by atoms with van der Waals surface area (Å²) in [5.41, 5.74) is 4.85. The lowest BCUT2D eigenvalue weighted by atomic mass is 9.58. The molecule has 0 unspecified atom stereocenters. The van der Waals surface area contributed by atoms with E-state index in [9.17, 15) is 24.6 Å². The number of halogens is 6. The second-order valence-electron chi connectivity index (χ2n) is 13.8. The average Bonchev–Trinajstić information content (AvgIpc) is 3.43. The monoisotopic (exact) mass is 646 g/mol. The Hall–Kier alpha value is -2.11. The molecule has 0 nitrogen and oxygen atoms in total. The largest absolute Gasteiger partial charge is 0.422 e. The average molecular weight is 647 g/mol. The van der Waals surface area contributed by atoms with E-state index in [2.05, 4.69) is 36.4 Å². The standard InChI is InChI=1S/C34H40F6Si3/c1-41(35,36)22-10-19-32-25-13-4-6-15-27(25)33(20-11-23-42(2,37)38)29-17-8-9-18-30(29)34(31(32)33,21-12-24-43(3,39)40)28-16-7-5-14-26(28)32/h4-9,13-18,31H,10-12,19-24H2,1-3H3. The van der Waals surface area contributed by atoms with Gasteiger partial charge < -0.3 is 0 Å². The van der Waals surface area contributed by atoms with Gasteiger partial charge in [-0.05, 0) is 110 Å². The van der Waals surface area contributed by atoms with Crippen LogP contribution in [0.15, 0.2) is 72.8 Å². The summed E-state index contributed by atoms with van der Waals surface area (Å²) in [5.74, 6) is -0.147. The van der Waals surface area contributed by atoms with E-state index in [1.165, 1.54) is 0 Å². The molecule has 3 aromatic rings. The van der Waals surface area contributed by atoms with Crippen molar-refractivity contribution in [1.82, 2.24) is 0 Å². The molecule has 0 saturated heterocycles. The van der Waals surface area contributed by atoms with Crippen LogP contribution < -0.4 is 0 Å². The highest BCUT2D eigenvalue weighted by Crippen LogP contribution is 2.79. The first-order valence-corrected chi connectivity index (χ1v) is 23.0. The third-order valence-electron chi connectivity index (χ3n) is 10.7. The van der Waals surface area contributed by atoms with Crippen LogP contribution in [-0.4, -0.2) is 26.2 Å². The Morgan fingerprint density at radius 1 is 0.442 bits per heavy atom. The number of hydrogen-bond donors (Lipinski definition) is 0. The Bertz CT molecular complexity index is 1250. The van der Waals surface area contributed by atoms with Crippen LogP contribution >= 0.6 is 0 Å². The van der Waals surface area contributed by atoms with Gasteiger partial charge in [0.05, 0.1) is 0 Å². The SMILES string of the molecule is C[Si](F)(F)CCCC12c3ccccc3C3(CCC[Si](C)(F)F)c4ccccc4C(CCC[Si](C)(F)F)(c4ccccc41)C23. The maximum atomic E-state index is 14.4. The van der Waals surface area contributed by atoms with E-state index in [1.54, 1.807) is 0 Å². The van der Waals surface area contributed by atoms with Crippen LogP contribution in [0.2, 0.25) is 37.8 Å². The van der Waals surface area contributed by atoms with E-state index in [0.29, 0.717) is 38.5 Å². The maximum absolute atomic E-state index is 14.4. The summed E-state index contributed by atoms with van der Waals surface area (Å²) in [6, 6.07) is 24.5. The van der Waals surface area contributed by atoms with Crippen LogP contribution in [0, 0.1) is 5.92 Å². The normalized spacial score (nSPS) is 27.1. The van der Waals surface area contributed by atoms with Gasteiger partial charge in [0, 0.05) is 22.2 Å². The summed E-state index contributed by atoms with van der Waals surface area (Å²) >= 11 is 0. The van der Waals surface area contributed by atoms with Crippen molar-refractivity contribution in [2.24, 2.45) is 5.92 Å². The van der Waals surface area contributed by atoms with Crippen LogP contribution in [0.5, 0.6) is 0 Å². The van der Waals surface area contributed by atoms with Crippen molar-refractivity contribution in [2.45, 2.75) is 92.5 Å². The van der Waals surface area contributed by atoms with Crippen LogP contribution in [-0.2, 0) is 16.2 Å². The van der Waals surface area contributed by atoms with Crippen molar-refractivity contribution in [3.8, 4) is 0 Å². The van der Waals surface area contributed by atoms with E-state index in [0.717, 1.165) is 53.0 Å². The highest BCUT2D eigenvalue weighted by molar-refractivity contribution is 6.65. The van der Waals surface area contributed by atoms with E-state index >= 15 is 0 Å². The van der Waals surface area contributed by atoms with Gasteiger partial charge >= 0.3 is 26.2 Å². The van der Waals surface area contributed by atoms with Crippen LogP contribution in [0.1, 0.15) is 71.9 Å². The first kappa shape index (κ1) is 30.9. The third kappa shape index (κ3) is 4.83. The fourth-order valence-corrected chi connectivity index (χ4v) is 12.1. The molecule has 0 radical (unpaired) electrons. The van der Waals surface area contributed by atoms with Crippen molar-refractivity contribution in [1.29, 1.82) is 0 Å². The third-order valence-corrected chi connectivity index (χ3v) is 14.4. The smallest absolute Gasteiger partial charge is 0.271 e. The van der Waals surface area contributed by atoms with Gasteiger partial charge in [0.2, 0.25) is 0 Å². The van der Waals surface area contributed by atoms with Gasteiger partial charge in [-0.15, -0.1) is 0 Å². The molecule has 3 aromatic carbocycles. The highest BCUT2D eigenvalue weighted by atomic mass is 28.4. The van der Waals surface area contributed by atoms with E-state index in [1.807, 2.05) is 36.4 Å². The molecule has 0 bridgehead atoms. The first-order valence-electron chi connectivity index (χ1n) is 15.6. The zero-order chi connectivity index (χ0) is 30.9. The molecule has 0 amide bonds. The lowest BCUT2D eigenvalue weighted by Crippen LogP contribution is -2.44. The van der Waals surface area contributed by atoms with E-state index in [-0.39, 0.29) is 24.1 Å². The fraction of sp³-hybridized carbons (Fsp3) is 0.471. The van der Waals surface area contributed by atoms with Gasteiger partial charge in [-0.3, -0.25) is 24.6 Å². The van der Waals surface area contributed by atoms with Crippen molar-refractivity contribution >= 4 is 26.2 Å². The molecular formula is C34H40F6Si3. The number of fused-ring (bicyclic) bond motifs is 9. The predicted molar refractivity (Wildman–Crippen MR) is 169 cm³/mol. The molecule has 0 spiro atoms. The van der Waals surface area contributed by atoms with Gasteiger partial charge in [-0.2, -0.15) is 0 Å². The number of benzene rings is 3. The summed E-state index contributed by atoms with van der Waals surface area (Å²) in [6.07, 6.45) is 2.65. The second kappa shape index (κ2) is 10.5. The first-order chi connectivity index (χ1) is 20.2. The van der Waals surface area contributed by atoms with Gasteiger partial charge in [-0.1, -0.05) is 72.8 Å². The minimum absolute atomic E-state index is 0.111. The van der Waals surface area contributed by atoms with E-state index in [4.69, 9.17) is 0 Å². The summed E-state index contributed by atoms with van der Waals surface area (Å²) in [7, 11) is -13.0. The molecule has 0 aliphatic heterocycles. The van der Waals surface area contributed by atoms with Crippen LogP contribution in [0.25, 0.3) is 0 Å². The molecule has 0 saturated carbocycles. The van der Waals surface area contributed by atoms with Gasteiger partial charge in [-0.25, -0.2) is 0 Å². The summed E-state index contributed by atoms with van der Waals surface area (Å²) in [4.78, 5) is 0. The predicted octanol–water partition coefficient (Wildman–Crippen LogP) is 10.9. The summed E-state index contributed by atoms with van der Waals surface area (Å²) < 4.78 is 86.5. The fourth-order valence-electron chi connectivity index (χ4n) is 9.69. The zero-order valence-corrected chi connectivity index (χ0v) is 28.1. The molecular weight excluding hydrogens is 607 g/mol. The molecule has 3 aliphatic rings. The number of hydrogen-bond acceptors (Lipinski definition) is 0. The molecule has 0 heterocycles. The Labute approximate surface area is 255 Å². The lowest BCUT2D eigenvalue weighted by Gasteiger charge is -2.43. The molecule has 43 heavy (non-hydrogen) atoms. The van der Waals surface area contributed by atoms with Gasteiger partial charge in [0.15, 0.2) is 0 Å². The molecule has 0 aromatic heterocycles. The minimum Gasteiger partial charge on any atom is -0.271 e. The summed E-state index contributed by atoms with van der Waals surface area (Å²) in [5, 5.41) is 0. The van der Waals surface area contributed by atoms with Crippen LogP contribution in [0.4, 0.5) is 24.6 Å². The Kier molecular flexibility index (Phi) is 7.53.